The number of aromatic nitrogens is 4. The highest BCUT2D eigenvalue weighted by Crippen LogP contribution is 2.31. The summed E-state index contributed by atoms with van der Waals surface area (Å²) < 4.78 is 41.5. The Morgan fingerprint density at radius 2 is 1.97 bits per heavy atom. The van der Waals surface area contributed by atoms with Gasteiger partial charge in [-0.3, -0.25) is 19.3 Å². The Morgan fingerprint density at radius 3 is 2.69 bits per heavy atom. The number of aryl methyl sites for hydroxylation is 1. The number of alkyl halides is 3. The zero-order valence-electron chi connectivity index (χ0n) is 15.7. The molecule has 10 heteroatoms. The maximum Gasteiger partial charge on any atom is 0.418 e. The van der Waals surface area contributed by atoms with Crippen LogP contribution in [0.5, 0.6) is 0 Å². The predicted molar refractivity (Wildman–Crippen MR) is 102 cm³/mol. The van der Waals surface area contributed by atoms with E-state index in [2.05, 4.69) is 20.3 Å². The quantitative estimate of drug-likeness (QED) is 0.720. The number of halogens is 3. The number of piperazine rings is 1. The van der Waals surface area contributed by atoms with Crippen LogP contribution < -0.4 is 15.8 Å². The first-order valence-electron chi connectivity index (χ1n) is 9.18. The van der Waals surface area contributed by atoms with Gasteiger partial charge in [-0.1, -0.05) is 0 Å². The maximum absolute atomic E-state index is 13.4. The van der Waals surface area contributed by atoms with Crippen LogP contribution in [0.15, 0.2) is 35.4 Å². The molecule has 0 amide bonds. The van der Waals surface area contributed by atoms with E-state index >= 15 is 0 Å². The molecule has 1 aliphatic heterocycles. The van der Waals surface area contributed by atoms with Crippen molar-refractivity contribution in [2.24, 2.45) is 0 Å². The minimum absolute atomic E-state index is 0.232. The summed E-state index contributed by atoms with van der Waals surface area (Å²) in [6.45, 7) is 4.05. The molecule has 0 aliphatic carbocycles. The van der Waals surface area contributed by atoms with Crippen molar-refractivity contribution in [1.82, 2.24) is 24.8 Å². The van der Waals surface area contributed by atoms with Crippen LogP contribution in [0.3, 0.4) is 0 Å². The van der Waals surface area contributed by atoms with Crippen molar-refractivity contribution in [3.63, 3.8) is 0 Å². The van der Waals surface area contributed by atoms with Crippen LogP contribution in [0, 0.1) is 6.92 Å². The van der Waals surface area contributed by atoms with Crippen molar-refractivity contribution >= 4 is 16.9 Å². The molecule has 29 heavy (non-hydrogen) atoms. The molecule has 0 radical (unpaired) electrons. The highest BCUT2D eigenvalue weighted by molar-refractivity contribution is 5.75. The van der Waals surface area contributed by atoms with Gasteiger partial charge in [-0.05, 0) is 25.1 Å². The molecule has 0 bridgehead atoms. The molecule has 0 spiro atoms. The molecular formula is C19H19F3N6O. The van der Waals surface area contributed by atoms with Gasteiger partial charge in [0.15, 0.2) is 5.65 Å². The van der Waals surface area contributed by atoms with Crippen molar-refractivity contribution in [2.75, 3.05) is 31.1 Å². The smallest absolute Gasteiger partial charge is 0.364 e. The second-order valence-corrected chi connectivity index (χ2v) is 6.87. The SMILES string of the molecule is Cc1cnc2cc(N3CCNCC3)c(=O)n(Cc3ncccc3C(F)(F)F)c2n1. The summed E-state index contributed by atoms with van der Waals surface area (Å²) in [5.41, 5.74) is 0.163. The molecule has 152 valence electrons. The molecule has 4 heterocycles. The summed E-state index contributed by atoms with van der Waals surface area (Å²) in [7, 11) is 0. The standard InChI is InChI=1S/C19H19F3N6O/c1-12-10-25-14-9-16(27-7-5-23-6-8-27)18(29)28(17(14)26-12)11-15-13(19(20,21)22)3-2-4-24-15/h2-4,9-10,23H,5-8,11H2,1H3. The van der Waals surface area contributed by atoms with E-state index in [0.717, 1.165) is 19.2 Å². The second-order valence-electron chi connectivity index (χ2n) is 6.87. The number of nitrogens with one attached hydrogen (secondary N) is 1. The van der Waals surface area contributed by atoms with Crippen molar-refractivity contribution in [1.29, 1.82) is 0 Å². The Bertz CT molecular complexity index is 1110. The van der Waals surface area contributed by atoms with Crippen molar-refractivity contribution < 1.29 is 13.2 Å². The average Bonchev–Trinajstić information content (AvgIpc) is 2.70. The lowest BCUT2D eigenvalue weighted by Crippen LogP contribution is -2.46. The summed E-state index contributed by atoms with van der Waals surface area (Å²) in [5.74, 6) is 0. The highest BCUT2D eigenvalue weighted by Gasteiger charge is 2.34. The van der Waals surface area contributed by atoms with Gasteiger partial charge in [-0.2, -0.15) is 13.2 Å². The molecule has 0 saturated carbocycles. The lowest BCUT2D eigenvalue weighted by Gasteiger charge is -2.29. The first kappa shape index (κ1) is 19.3. The zero-order chi connectivity index (χ0) is 20.6. The van der Waals surface area contributed by atoms with Gasteiger partial charge in [-0.15, -0.1) is 0 Å². The van der Waals surface area contributed by atoms with Crippen LogP contribution in [0.25, 0.3) is 11.2 Å². The van der Waals surface area contributed by atoms with Crippen LogP contribution >= 0.6 is 0 Å². The Balaban J connectivity index is 1.90. The fourth-order valence-electron chi connectivity index (χ4n) is 3.45. The molecule has 1 saturated heterocycles. The number of hydrogen-bond donors (Lipinski definition) is 1. The third-order valence-electron chi connectivity index (χ3n) is 4.86. The third kappa shape index (κ3) is 3.80. The summed E-state index contributed by atoms with van der Waals surface area (Å²) >= 11 is 0. The number of rotatable bonds is 3. The maximum atomic E-state index is 13.4. The van der Waals surface area contributed by atoms with Crippen LogP contribution in [0.4, 0.5) is 18.9 Å². The largest absolute Gasteiger partial charge is 0.418 e. The number of anilines is 1. The van der Waals surface area contributed by atoms with Gasteiger partial charge in [0, 0.05) is 38.6 Å². The second kappa shape index (κ2) is 7.43. The molecule has 1 aliphatic rings. The molecule has 3 aromatic heterocycles. The van der Waals surface area contributed by atoms with E-state index in [1.54, 1.807) is 19.2 Å². The van der Waals surface area contributed by atoms with Crippen LogP contribution in [0.2, 0.25) is 0 Å². The summed E-state index contributed by atoms with van der Waals surface area (Å²) in [4.78, 5) is 27.8. The lowest BCUT2D eigenvalue weighted by atomic mass is 10.1. The fourth-order valence-corrected chi connectivity index (χ4v) is 3.45. The number of fused-ring (bicyclic) bond motifs is 1. The fraction of sp³-hybridized carbons (Fsp3) is 0.368. The summed E-state index contributed by atoms with van der Waals surface area (Å²) in [5, 5.41) is 3.21. The molecule has 7 nitrogen and oxygen atoms in total. The normalized spacial score (nSPS) is 15.1. The van der Waals surface area contributed by atoms with Gasteiger partial charge < -0.3 is 10.2 Å². The molecule has 1 N–H and O–H groups in total. The van der Waals surface area contributed by atoms with Crippen molar-refractivity contribution in [3.8, 4) is 0 Å². The van der Waals surface area contributed by atoms with E-state index < -0.39 is 17.3 Å². The third-order valence-corrected chi connectivity index (χ3v) is 4.86. The van der Waals surface area contributed by atoms with Gasteiger partial charge in [0.25, 0.3) is 5.56 Å². The van der Waals surface area contributed by atoms with E-state index in [9.17, 15) is 18.0 Å². The minimum Gasteiger partial charge on any atom is -0.364 e. The van der Waals surface area contributed by atoms with E-state index in [1.165, 1.54) is 16.8 Å². The van der Waals surface area contributed by atoms with E-state index in [1.807, 2.05) is 4.90 Å². The molecule has 3 aromatic rings. The van der Waals surface area contributed by atoms with Crippen LogP contribution in [-0.4, -0.2) is 45.7 Å². The molecule has 0 unspecified atom stereocenters. The van der Waals surface area contributed by atoms with E-state index in [0.29, 0.717) is 30.0 Å². The number of nitrogens with zero attached hydrogens (tertiary/aromatic N) is 5. The Morgan fingerprint density at radius 1 is 1.21 bits per heavy atom. The topological polar surface area (TPSA) is 75.9 Å². The summed E-state index contributed by atoms with van der Waals surface area (Å²) in [6.07, 6.45) is -1.71. The van der Waals surface area contributed by atoms with Gasteiger partial charge in [0.05, 0.1) is 23.5 Å². The average molecular weight is 404 g/mol. The van der Waals surface area contributed by atoms with Gasteiger partial charge >= 0.3 is 6.18 Å². The van der Waals surface area contributed by atoms with Gasteiger partial charge in [-0.25, -0.2) is 4.98 Å². The monoisotopic (exact) mass is 404 g/mol. The number of hydrogen-bond acceptors (Lipinski definition) is 6. The van der Waals surface area contributed by atoms with Gasteiger partial charge in [0.2, 0.25) is 0 Å². The molecule has 0 aromatic carbocycles. The predicted octanol–water partition coefficient (Wildman–Crippen LogP) is 1.97. The highest BCUT2D eigenvalue weighted by atomic mass is 19.4. The molecular weight excluding hydrogens is 385 g/mol. The molecule has 1 fully saturated rings. The van der Waals surface area contributed by atoms with Crippen molar-refractivity contribution in [2.45, 2.75) is 19.6 Å². The first-order valence-corrected chi connectivity index (χ1v) is 9.18. The number of pyridine rings is 2. The van der Waals surface area contributed by atoms with E-state index in [-0.39, 0.29) is 17.9 Å². The van der Waals surface area contributed by atoms with Gasteiger partial charge in [0.1, 0.15) is 11.2 Å². The summed E-state index contributed by atoms with van der Waals surface area (Å²) in [6, 6.07) is 3.86. The van der Waals surface area contributed by atoms with Crippen molar-refractivity contribution in [3.05, 3.63) is 57.9 Å². The van der Waals surface area contributed by atoms with E-state index in [4.69, 9.17) is 0 Å². The zero-order valence-corrected chi connectivity index (χ0v) is 15.7. The first-order chi connectivity index (χ1) is 13.8. The van der Waals surface area contributed by atoms with Crippen LogP contribution in [-0.2, 0) is 12.7 Å². The lowest BCUT2D eigenvalue weighted by molar-refractivity contribution is -0.138. The van der Waals surface area contributed by atoms with Crippen LogP contribution in [0.1, 0.15) is 17.0 Å². The molecule has 0 atom stereocenters. The minimum atomic E-state index is -4.57. The Kier molecular flexibility index (Phi) is 4.95. The Hall–Kier alpha value is -3.01. The molecule has 4 rings (SSSR count). The Labute approximate surface area is 164 Å².